The molecule has 2 fully saturated rings. The molecular formula is C13H24ClF3N2. The fraction of sp³-hybridized carbons (Fsp3) is 1.00. The van der Waals surface area contributed by atoms with E-state index in [4.69, 9.17) is 0 Å². The molecule has 2 nitrogen and oxygen atoms in total. The number of hydrazine groups is 1. The molecule has 0 aromatic rings. The highest BCUT2D eigenvalue weighted by atomic mass is 35.5. The number of piperidine rings is 1. The van der Waals surface area contributed by atoms with Crippen molar-refractivity contribution in [3.63, 3.8) is 0 Å². The SMILES string of the molecule is CN(C)N1CCC2(CCCC(C(F)(F)F)C2)CC1.Cl. The number of rotatable bonds is 1. The second-order valence-electron chi connectivity index (χ2n) is 6.14. The number of halogens is 4. The Morgan fingerprint density at radius 3 is 2.16 bits per heavy atom. The predicted molar refractivity (Wildman–Crippen MR) is 72.2 cm³/mol. The van der Waals surface area contributed by atoms with Gasteiger partial charge < -0.3 is 0 Å². The summed E-state index contributed by atoms with van der Waals surface area (Å²) < 4.78 is 38.6. The Labute approximate surface area is 119 Å². The lowest BCUT2D eigenvalue weighted by Crippen LogP contribution is -2.48. The van der Waals surface area contributed by atoms with E-state index in [2.05, 4.69) is 10.0 Å². The summed E-state index contributed by atoms with van der Waals surface area (Å²) >= 11 is 0. The fourth-order valence-corrected chi connectivity index (χ4v) is 3.55. The maximum Gasteiger partial charge on any atom is 0.391 e. The molecule has 1 saturated carbocycles. The molecule has 0 radical (unpaired) electrons. The van der Waals surface area contributed by atoms with Crippen molar-refractivity contribution in [2.24, 2.45) is 11.3 Å². The summed E-state index contributed by atoms with van der Waals surface area (Å²) in [6, 6.07) is 0. The molecule has 1 saturated heterocycles. The molecule has 1 unspecified atom stereocenters. The number of hydrogen-bond acceptors (Lipinski definition) is 2. The molecule has 2 aliphatic rings. The van der Waals surface area contributed by atoms with Gasteiger partial charge in [-0.05, 0) is 37.5 Å². The van der Waals surface area contributed by atoms with Gasteiger partial charge in [-0.1, -0.05) is 6.42 Å². The van der Waals surface area contributed by atoms with Gasteiger partial charge >= 0.3 is 6.18 Å². The molecule has 0 aromatic heterocycles. The molecule has 0 amide bonds. The molecule has 0 aromatic carbocycles. The van der Waals surface area contributed by atoms with Gasteiger partial charge in [-0.2, -0.15) is 13.2 Å². The molecule has 6 heteroatoms. The second kappa shape index (κ2) is 6.19. The molecule has 19 heavy (non-hydrogen) atoms. The summed E-state index contributed by atoms with van der Waals surface area (Å²) in [5, 5.41) is 4.28. The minimum atomic E-state index is -3.99. The first-order valence-electron chi connectivity index (χ1n) is 6.81. The van der Waals surface area contributed by atoms with Crippen LogP contribution in [0.25, 0.3) is 0 Å². The Balaban J connectivity index is 0.00000180. The van der Waals surface area contributed by atoms with Crippen molar-refractivity contribution in [2.75, 3.05) is 27.2 Å². The third-order valence-corrected chi connectivity index (χ3v) is 4.77. The zero-order chi connectivity index (χ0) is 13.4. The third kappa shape index (κ3) is 3.99. The van der Waals surface area contributed by atoms with Crippen LogP contribution >= 0.6 is 12.4 Å². The van der Waals surface area contributed by atoms with E-state index < -0.39 is 12.1 Å². The monoisotopic (exact) mass is 300 g/mol. The molecule has 1 atom stereocenters. The van der Waals surface area contributed by atoms with Crippen LogP contribution in [-0.2, 0) is 0 Å². The molecule has 2 rings (SSSR count). The van der Waals surface area contributed by atoms with Crippen LogP contribution in [0, 0.1) is 11.3 Å². The van der Waals surface area contributed by atoms with E-state index >= 15 is 0 Å². The highest BCUT2D eigenvalue weighted by Gasteiger charge is 2.48. The molecule has 0 N–H and O–H groups in total. The van der Waals surface area contributed by atoms with Gasteiger partial charge in [0.1, 0.15) is 0 Å². The average Bonchev–Trinajstić information content (AvgIpc) is 2.28. The van der Waals surface area contributed by atoms with Gasteiger partial charge in [0.05, 0.1) is 5.92 Å². The van der Waals surface area contributed by atoms with Gasteiger partial charge in [0.15, 0.2) is 0 Å². The van der Waals surface area contributed by atoms with Crippen LogP contribution < -0.4 is 0 Å². The van der Waals surface area contributed by atoms with E-state index in [0.29, 0.717) is 12.8 Å². The molecular weight excluding hydrogens is 277 g/mol. The van der Waals surface area contributed by atoms with E-state index in [1.165, 1.54) is 0 Å². The second-order valence-corrected chi connectivity index (χ2v) is 6.14. The topological polar surface area (TPSA) is 6.48 Å². The van der Waals surface area contributed by atoms with Crippen LogP contribution in [0.15, 0.2) is 0 Å². The molecule has 1 aliphatic carbocycles. The maximum absolute atomic E-state index is 12.9. The standard InChI is InChI=1S/C13H23F3N2.ClH/c1-17(2)18-8-6-12(7-9-18)5-3-4-11(10-12)13(14,15)16;/h11H,3-10H2,1-2H3;1H. The average molecular weight is 301 g/mol. The Kier molecular flexibility index (Phi) is 5.55. The zero-order valence-corrected chi connectivity index (χ0v) is 12.5. The van der Waals surface area contributed by atoms with Gasteiger partial charge in [-0.25, -0.2) is 10.0 Å². The fourth-order valence-electron chi connectivity index (χ4n) is 3.55. The Morgan fingerprint density at radius 1 is 1.11 bits per heavy atom. The first-order chi connectivity index (χ1) is 8.32. The van der Waals surface area contributed by atoms with Crippen LogP contribution in [-0.4, -0.2) is 43.4 Å². The lowest BCUT2D eigenvalue weighted by atomic mass is 9.64. The summed E-state index contributed by atoms with van der Waals surface area (Å²) in [5.41, 5.74) is -0.0368. The quantitative estimate of drug-likeness (QED) is 0.728. The first kappa shape index (κ1) is 17.1. The normalized spacial score (nSPS) is 28.4. The lowest BCUT2D eigenvalue weighted by molar-refractivity contribution is -0.196. The lowest BCUT2D eigenvalue weighted by Gasteiger charge is -2.48. The number of alkyl halides is 3. The van der Waals surface area contributed by atoms with Crippen molar-refractivity contribution >= 4 is 12.4 Å². The first-order valence-corrected chi connectivity index (χ1v) is 6.81. The van der Waals surface area contributed by atoms with Crippen LogP contribution in [0.2, 0.25) is 0 Å². The van der Waals surface area contributed by atoms with Gasteiger partial charge in [0.25, 0.3) is 0 Å². The minimum absolute atomic E-state index is 0. The van der Waals surface area contributed by atoms with Crippen molar-refractivity contribution in [1.29, 1.82) is 0 Å². The summed E-state index contributed by atoms with van der Waals surface area (Å²) in [6.45, 7) is 1.80. The minimum Gasteiger partial charge on any atom is -0.248 e. The summed E-state index contributed by atoms with van der Waals surface area (Å²) in [4.78, 5) is 0. The molecule has 1 spiro atoms. The third-order valence-electron chi connectivity index (χ3n) is 4.77. The Bertz CT molecular complexity index is 286. The Hall–Kier alpha value is -0.0000000000000000555. The summed E-state index contributed by atoms with van der Waals surface area (Å²) in [7, 11) is 3.99. The van der Waals surface area contributed by atoms with Gasteiger partial charge in [-0.15, -0.1) is 12.4 Å². The number of hydrogen-bond donors (Lipinski definition) is 0. The molecule has 0 bridgehead atoms. The van der Waals surface area contributed by atoms with Crippen LogP contribution in [0.1, 0.15) is 38.5 Å². The van der Waals surface area contributed by atoms with E-state index in [9.17, 15) is 13.2 Å². The molecule has 114 valence electrons. The van der Waals surface area contributed by atoms with E-state index in [-0.39, 0.29) is 17.8 Å². The number of nitrogens with zero attached hydrogens (tertiary/aromatic N) is 2. The van der Waals surface area contributed by atoms with E-state index in [1.807, 2.05) is 14.1 Å². The van der Waals surface area contributed by atoms with E-state index in [0.717, 1.165) is 38.8 Å². The van der Waals surface area contributed by atoms with Crippen molar-refractivity contribution in [1.82, 2.24) is 10.0 Å². The summed E-state index contributed by atoms with van der Waals surface area (Å²) in [5.74, 6) is -1.06. The largest absolute Gasteiger partial charge is 0.391 e. The van der Waals surface area contributed by atoms with Gasteiger partial charge in [-0.3, -0.25) is 0 Å². The maximum atomic E-state index is 12.9. The predicted octanol–water partition coefficient (Wildman–Crippen LogP) is 3.72. The van der Waals surface area contributed by atoms with Crippen LogP contribution in [0.3, 0.4) is 0 Å². The Morgan fingerprint density at radius 2 is 1.68 bits per heavy atom. The highest BCUT2D eigenvalue weighted by Crippen LogP contribution is 2.50. The van der Waals surface area contributed by atoms with Crippen molar-refractivity contribution < 1.29 is 13.2 Å². The molecule has 1 heterocycles. The van der Waals surface area contributed by atoms with E-state index in [1.54, 1.807) is 0 Å². The zero-order valence-electron chi connectivity index (χ0n) is 11.7. The highest BCUT2D eigenvalue weighted by molar-refractivity contribution is 5.85. The van der Waals surface area contributed by atoms with Crippen LogP contribution in [0.5, 0.6) is 0 Å². The van der Waals surface area contributed by atoms with Crippen molar-refractivity contribution in [2.45, 2.75) is 44.7 Å². The van der Waals surface area contributed by atoms with Crippen molar-refractivity contribution in [3.8, 4) is 0 Å². The van der Waals surface area contributed by atoms with Crippen molar-refractivity contribution in [3.05, 3.63) is 0 Å². The van der Waals surface area contributed by atoms with Crippen LogP contribution in [0.4, 0.5) is 13.2 Å². The molecule has 1 aliphatic heterocycles. The smallest absolute Gasteiger partial charge is 0.248 e. The van der Waals surface area contributed by atoms with Gasteiger partial charge in [0, 0.05) is 27.2 Å². The summed E-state index contributed by atoms with van der Waals surface area (Å²) in [6.07, 6.45) is 0.259. The van der Waals surface area contributed by atoms with Gasteiger partial charge in [0.2, 0.25) is 0 Å².